The SMILES string of the molecule is CCOCCCNC(=NC)NCc1cc(Cl)c(Cl)n1C.I. The number of aliphatic imine (C=N–C) groups is 1. The van der Waals surface area contributed by atoms with Crippen molar-refractivity contribution in [3.05, 3.63) is 21.9 Å². The minimum Gasteiger partial charge on any atom is -0.382 e. The van der Waals surface area contributed by atoms with Gasteiger partial charge in [0.2, 0.25) is 0 Å². The molecule has 0 aliphatic rings. The highest BCUT2D eigenvalue weighted by molar-refractivity contribution is 14.0. The standard InChI is InChI=1S/C13H22Cl2N4O.HI/c1-4-20-7-5-6-17-13(16-2)18-9-10-8-11(14)12(15)19(10)3;/h8H,4-7,9H2,1-3H3,(H2,16,17,18);1H. The minimum absolute atomic E-state index is 0. The van der Waals surface area contributed by atoms with Crippen molar-refractivity contribution >= 4 is 53.1 Å². The first kappa shape index (κ1) is 20.8. The number of ether oxygens (including phenoxy) is 1. The molecule has 5 nitrogen and oxygen atoms in total. The second-order valence-corrected chi connectivity index (χ2v) is 5.00. The molecule has 1 heterocycles. The molecule has 0 saturated heterocycles. The molecule has 0 aromatic carbocycles. The maximum absolute atomic E-state index is 6.02. The molecule has 21 heavy (non-hydrogen) atoms. The van der Waals surface area contributed by atoms with Crippen LogP contribution in [0.25, 0.3) is 0 Å². The van der Waals surface area contributed by atoms with Gasteiger partial charge in [-0.25, -0.2) is 0 Å². The van der Waals surface area contributed by atoms with E-state index in [2.05, 4.69) is 15.6 Å². The summed E-state index contributed by atoms with van der Waals surface area (Å²) in [6.45, 7) is 4.91. The van der Waals surface area contributed by atoms with E-state index >= 15 is 0 Å². The van der Waals surface area contributed by atoms with Gasteiger partial charge in [0.25, 0.3) is 0 Å². The Morgan fingerprint density at radius 1 is 1.38 bits per heavy atom. The Morgan fingerprint density at radius 3 is 2.62 bits per heavy atom. The van der Waals surface area contributed by atoms with Gasteiger partial charge in [-0.2, -0.15) is 0 Å². The highest BCUT2D eigenvalue weighted by Gasteiger charge is 2.09. The van der Waals surface area contributed by atoms with E-state index in [0.717, 1.165) is 37.8 Å². The normalized spacial score (nSPS) is 11.2. The van der Waals surface area contributed by atoms with Gasteiger partial charge < -0.3 is 19.9 Å². The molecule has 0 unspecified atom stereocenters. The molecular formula is C13H23Cl2IN4O. The second-order valence-electron chi connectivity index (χ2n) is 4.24. The van der Waals surface area contributed by atoms with Crippen LogP contribution in [0.3, 0.4) is 0 Å². The number of guanidine groups is 1. The van der Waals surface area contributed by atoms with Gasteiger partial charge >= 0.3 is 0 Å². The topological polar surface area (TPSA) is 50.6 Å². The van der Waals surface area contributed by atoms with E-state index in [1.165, 1.54) is 0 Å². The van der Waals surface area contributed by atoms with Crippen molar-refractivity contribution < 1.29 is 4.74 Å². The molecule has 1 aromatic rings. The molecule has 0 spiro atoms. The fourth-order valence-corrected chi connectivity index (χ4v) is 2.09. The van der Waals surface area contributed by atoms with Crippen molar-refractivity contribution in [3.63, 3.8) is 0 Å². The lowest BCUT2D eigenvalue weighted by atomic mass is 10.4. The smallest absolute Gasteiger partial charge is 0.191 e. The molecule has 0 radical (unpaired) electrons. The average Bonchev–Trinajstić information content (AvgIpc) is 2.69. The number of hydrogen-bond acceptors (Lipinski definition) is 2. The Hall–Kier alpha value is -0.180. The number of nitrogens with one attached hydrogen (secondary N) is 2. The van der Waals surface area contributed by atoms with Gasteiger partial charge in [0.05, 0.1) is 11.6 Å². The lowest BCUT2D eigenvalue weighted by Crippen LogP contribution is -2.37. The minimum atomic E-state index is 0. The zero-order valence-corrected chi connectivity index (χ0v) is 16.4. The summed E-state index contributed by atoms with van der Waals surface area (Å²) in [6, 6.07) is 1.85. The third-order valence-corrected chi connectivity index (χ3v) is 3.68. The third kappa shape index (κ3) is 7.08. The molecule has 2 N–H and O–H groups in total. The van der Waals surface area contributed by atoms with Gasteiger partial charge in [-0.1, -0.05) is 23.2 Å². The predicted molar refractivity (Wildman–Crippen MR) is 100 cm³/mol. The van der Waals surface area contributed by atoms with Gasteiger partial charge in [-0.15, -0.1) is 24.0 Å². The molecule has 0 amide bonds. The summed E-state index contributed by atoms with van der Waals surface area (Å²) in [5.74, 6) is 0.745. The van der Waals surface area contributed by atoms with Gasteiger partial charge in [0, 0.05) is 39.5 Å². The zero-order chi connectivity index (χ0) is 15.0. The summed E-state index contributed by atoms with van der Waals surface area (Å²) >= 11 is 12.0. The molecule has 1 rings (SSSR count). The van der Waals surface area contributed by atoms with E-state index in [1.54, 1.807) is 7.05 Å². The fraction of sp³-hybridized carbons (Fsp3) is 0.615. The van der Waals surface area contributed by atoms with Crippen molar-refractivity contribution in [1.29, 1.82) is 0 Å². The van der Waals surface area contributed by atoms with Crippen LogP contribution < -0.4 is 10.6 Å². The van der Waals surface area contributed by atoms with Crippen LogP contribution in [-0.4, -0.2) is 37.3 Å². The van der Waals surface area contributed by atoms with Crippen molar-refractivity contribution in [3.8, 4) is 0 Å². The Morgan fingerprint density at radius 2 is 2.10 bits per heavy atom. The summed E-state index contributed by atoms with van der Waals surface area (Å²) in [4.78, 5) is 4.16. The first-order chi connectivity index (χ1) is 9.60. The van der Waals surface area contributed by atoms with Gasteiger partial charge in [-0.05, 0) is 19.4 Å². The molecule has 0 fully saturated rings. The largest absolute Gasteiger partial charge is 0.382 e. The number of hydrogen-bond donors (Lipinski definition) is 2. The van der Waals surface area contributed by atoms with E-state index in [4.69, 9.17) is 27.9 Å². The van der Waals surface area contributed by atoms with Crippen LogP contribution in [0.15, 0.2) is 11.1 Å². The molecule has 0 saturated carbocycles. The van der Waals surface area contributed by atoms with Crippen LogP contribution in [-0.2, 0) is 18.3 Å². The number of nitrogens with zero attached hydrogens (tertiary/aromatic N) is 2. The van der Waals surface area contributed by atoms with Crippen LogP contribution in [0, 0.1) is 0 Å². The van der Waals surface area contributed by atoms with Crippen molar-refractivity contribution in [2.75, 3.05) is 26.8 Å². The van der Waals surface area contributed by atoms with Gasteiger partial charge in [0.1, 0.15) is 5.15 Å². The van der Waals surface area contributed by atoms with E-state index in [1.807, 2.05) is 24.6 Å². The number of halogens is 3. The van der Waals surface area contributed by atoms with Crippen LogP contribution in [0.4, 0.5) is 0 Å². The summed E-state index contributed by atoms with van der Waals surface area (Å²) < 4.78 is 7.12. The van der Waals surface area contributed by atoms with Crippen LogP contribution in [0.5, 0.6) is 0 Å². The third-order valence-electron chi connectivity index (χ3n) is 2.84. The number of rotatable bonds is 7. The molecule has 0 atom stereocenters. The Balaban J connectivity index is 0.00000400. The van der Waals surface area contributed by atoms with Crippen molar-refractivity contribution in [1.82, 2.24) is 15.2 Å². The maximum atomic E-state index is 6.02. The first-order valence-electron chi connectivity index (χ1n) is 6.62. The molecule has 0 aliphatic carbocycles. The highest BCUT2D eigenvalue weighted by Crippen LogP contribution is 2.24. The summed E-state index contributed by atoms with van der Waals surface area (Å²) in [6.07, 6.45) is 0.941. The Labute approximate surface area is 153 Å². The van der Waals surface area contributed by atoms with E-state index < -0.39 is 0 Å². The number of aromatic nitrogens is 1. The molecular weight excluding hydrogens is 426 g/mol. The lowest BCUT2D eigenvalue weighted by molar-refractivity contribution is 0.145. The quantitative estimate of drug-likeness (QED) is 0.291. The van der Waals surface area contributed by atoms with Crippen LogP contribution in [0.2, 0.25) is 10.2 Å². The van der Waals surface area contributed by atoms with Crippen LogP contribution in [0.1, 0.15) is 19.0 Å². The summed E-state index contributed by atoms with van der Waals surface area (Å²) in [5, 5.41) is 7.55. The van der Waals surface area contributed by atoms with E-state index in [0.29, 0.717) is 16.7 Å². The molecule has 8 heteroatoms. The monoisotopic (exact) mass is 448 g/mol. The molecule has 0 bridgehead atoms. The summed E-state index contributed by atoms with van der Waals surface area (Å²) in [7, 11) is 3.62. The summed E-state index contributed by atoms with van der Waals surface area (Å²) in [5.41, 5.74) is 0.997. The Kier molecular flexibility index (Phi) is 11.3. The maximum Gasteiger partial charge on any atom is 0.191 e. The first-order valence-corrected chi connectivity index (χ1v) is 7.37. The second kappa shape index (κ2) is 11.4. The van der Waals surface area contributed by atoms with Crippen LogP contribution >= 0.6 is 47.2 Å². The fourth-order valence-electron chi connectivity index (χ4n) is 1.68. The zero-order valence-electron chi connectivity index (χ0n) is 12.6. The van der Waals surface area contributed by atoms with Gasteiger partial charge in [-0.3, -0.25) is 4.99 Å². The highest BCUT2D eigenvalue weighted by atomic mass is 127. The average molecular weight is 449 g/mol. The molecule has 122 valence electrons. The van der Waals surface area contributed by atoms with Crippen molar-refractivity contribution in [2.45, 2.75) is 19.9 Å². The predicted octanol–water partition coefficient (Wildman–Crippen LogP) is 3.04. The lowest BCUT2D eigenvalue weighted by Gasteiger charge is -2.12. The molecule has 1 aromatic heterocycles. The van der Waals surface area contributed by atoms with Crippen molar-refractivity contribution in [2.24, 2.45) is 12.0 Å². The van der Waals surface area contributed by atoms with E-state index in [9.17, 15) is 0 Å². The molecule has 0 aliphatic heterocycles. The Bertz CT molecular complexity index is 452. The van der Waals surface area contributed by atoms with Gasteiger partial charge in [0.15, 0.2) is 5.96 Å². The van der Waals surface area contributed by atoms with E-state index in [-0.39, 0.29) is 24.0 Å².